The first-order valence-electron chi connectivity index (χ1n) is 5.56. The molecule has 0 N–H and O–H groups in total. The Morgan fingerprint density at radius 2 is 2.06 bits per heavy atom. The van der Waals surface area contributed by atoms with E-state index in [-0.39, 0.29) is 5.69 Å². The summed E-state index contributed by atoms with van der Waals surface area (Å²) >= 11 is 3.50. The second-order valence-electron chi connectivity index (χ2n) is 4.59. The maximum atomic E-state index is 11.8. The SMILES string of the molecule is Cc1cc(C)n(CC(CBr)C(C)C)c(=O)n1. The minimum Gasteiger partial charge on any atom is -0.296 e. The van der Waals surface area contributed by atoms with Gasteiger partial charge < -0.3 is 0 Å². The number of alkyl halides is 1. The van der Waals surface area contributed by atoms with E-state index in [0.717, 1.165) is 23.3 Å². The number of aryl methyl sites for hydroxylation is 2. The molecule has 0 fully saturated rings. The number of aromatic nitrogens is 2. The molecule has 0 spiro atoms. The van der Waals surface area contributed by atoms with E-state index in [0.29, 0.717) is 11.8 Å². The maximum Gasteiger partial charge on any atom is 0.347 e. The Morgan fingerprint density at radius 1 is 1.44 bits per heavy atom. The predicted octanol–water partition coefficient (Wildman–Crippen LogP) is 2.53. The summed E-state index contributed by atoms with van der Waals surface area (Å²) in [6, 6.07) is 1.95. The first-order valence-corrected chi connectivity index (χ1v) is 6.69. The maximum absolute atomic E-state index is 11.8. The van der Waals surface area contributed by atoms with Gasteiger partial charge in [0.15, 0.2) is 0 Å². The van der Waals surface area contributed by atoms with Crippen LogP contribution in [0.25, 0.3) is 0 Å². The fourth-order valence-electron chi connectivity index (χ4n) is 1.67. The van der Waals surface area contributed by atoms with Gasteiger partial charge in [-0.15, -0.1) is 0 Å². The topological polar surface area (TPSA) is 34.9 Å². The summed E-state index contributed by atoms with van der Waals surface area (Å²) in [5, 5.41) is 0.907. The van der Waals surface area contributed by atoms with E-state index in [9.17, 15) is 4.79 Å². The number of halogens is 1. The van der Waals surface area contributed by atoms with Gasteiger partial charge in [0.05, 0.1) is 0 Å². The highest BCUT2D eigenvalue weighted by atomic mass is 79.9. The summed E-state index contributed by atoms with van der Waals surface area (Å²) in [6.07, 6.45) is 0. The Morgan fingerprint density at radius 3 is 2.50 bits per heavy atom. The third-order valence-corrected chi connectivity index (χ3v) is 3.74. The Bertz CT molecular complexity index is 412. The zero-order valence-electron chi connectivity index (χ0n) is 10.3. The molecule has 0 saturated heterocycles. The molecular weight excluding hydrogens is 268 g/mol. The van der Waals surface area contributed by atoms with E-state index < -0.39 is 0 Å². The quantitative estimate of drug-likeness (QED) is 0.798. The third-order valence-electron chi connectivity index (χ3n) is 2.90. The van der Waals surface area contributed by atoms with E-state index >= 15 is 0 Å². The molecule has 1 atom stereocenters. The summed E-state index contributed by atoms with van der Waals surface area (Å²) in [5.41, 5.74) is 1.65. The van der Waals surface area contributed by atoms with Crippen LogP contribution < -0.4 is 5.69 Å². The Labute approximate surface area is 105 Å². The lowest BCUT2D eigenvalue weighted by Crippen LogP contribution is -2.30. The molecule has 0 saturated carbocycles. The van der Waals surface area contributed by atoms with E-state index in [1.54, 1.807) is 4.57 Å². The van der Waals surface area contributed by atoms with Crippen molar-refractivity contribution in [1.82, 2.24) is 9.55 Å². The van der Waals surface area contributed by atoms with Crippen LogP contribution in [-0.4, -0.2) is 14.9 Å². The van der Waals surface area contributed by atoms with Crippen molar-refractivity contribution in [3.63, 3.8) is 0 Å². The Hall–Kier alpha value is -0.640. The lowest BCUT2D eigenvalue weighted by Gasteiger charge is -2.20. The van der Waals surface area contributed by atoms with E-state index in [4.69, 9.17) is 0 Å². The van der Waals surface area contributed by atoms with Crippen LogP contribution in [0.3, 0.4) is 0 Å². The van der Waals surface area contributed by atoms with Crippen LogP contribution in [0.5, 0.6) is 0 Å². The average molecular weight is 287 g/mol. The normalized spacial score (nSPS) is 13.1. The second kappa shape index (κ2) is 5.62. The highest BCUT2D eigenvalue weighted by Crippen LogP contribution is 2.16. The van der Waals surface area contributed by atoms with Gasteiger partial charge in [0.2, 0.25) is 0 Å². The summed E-state index contributed by atoms with van der Waals surface area (Å²) in [6.45, 7) is 8.90. The number of rotatable bonds is 4. The van der Waals surface area contributed by atoms with Gasteiger partial charge in [-0.05, 0) is 31.7 Å². The van der Waals surface area contributed by atoms with Crippen molar-refractivity contribution < 1.29 is 0 Å². The van der Waals surface area contributed by atoms with Crippen molar-refractivity contribution in [2.24, 2.45) is 11.8 Å². The zero-order chi connectivity index (χ0) is 12.3. The number of hydrogen-bond acceptors (Lipinski definition) is 2. The highest BCUT2D eigenvalue weighted by molar-refractivity contribution is 9.09. The molecule has 4 heteroatoms. The average Bonchev–Trinajstić information content (AvgIpc) is 2.15. The summed E-state index contributed by atoms with van der Waals surface area (Å²) < 4.78 is 1.76. The molecule has 1 unspecified atom stereocenters. The minimum atomic E-state index is -0.135. The largest absolute Gasteiger partial charge is 0.347 e. The van der Waals surface area contributed by atoms with E-state index in [2.05, 4.69) is 34.8 Å². The van der Waals surface area contributed by atoms with Gasteiger partial charge in [-0.1, -0.05) is 29.8 Å². The summed E-state index contributed by atoms with van der Waals surface area (Å²) in [7, 11) is 0. The summed E-state index contributed by atoms with van der Waals surface area (Å²) in [4.78, 5) is 15.7. The molecule has 0 aliphatic rings. The van der Waals surface area contributed by atoms with Crippen LogP contribution in [0.2, 0.25) is 0 Å². The first-order chi connectivity index (χ1) is 7.45. The molecule has 3 nitrogen and oxygen atoms in total. The van der Waals surface area contributed by atoms with Crippen LogP contribution in [0.15, 0.2) is 10.9 Å². The standard InChI is InChI=1S/C12H19BrN2O/c1-8(2)11(6-13)7-15-10(4)5-9(3)14-12(15)16/h5,8,11H,6-7H2,1-4H3. The van der Waals surface area contributed by atoms with Crippen LogP contribution in [-0.2, 0) is 6.54 Å². The number of nitrogens with zero attached hydrogens (tertiary/aromatic N) is 2. The molecule has 16 heavy (non-hydrogen) atoms. The summed E-state index contributed by atoms with van der Waals surface area (Å²) in [5.74, 6) is 1.01. The van der Waals surface area contributed by atoms with Crippen LogP contribution in [0.1, 0.15) is 25.2 Å². The van der Waals surface area contributed by atoms with Crippen molar-refractivity contribution in [3.05, 3.63) is 27.9 Å². The molecule has 0 aliphatic heterocycles. The molecule has 0 aliphatic carbocycles. The highest BCUT2D eigenvalue weighted by Gasteiger charge is 2.14. The van der Waals surface area contributed by atoms with Crippen LogP contribution in [0.4, 0.5) is 0 Å². The van der Waals surface area contributed by atoms with Crippen LogP contribution >= 0.6 is 15.9 Å². The van der Waals surface area contributed by atoms with Gasteiger partial charge in [0.25, 0.3) is 0 Å². The second-order valence-corrected chi connectivity index (χ2v) is 5.24. The molecule has 0 aromatic carbocycles. The smallest absolute Gasteiger partial charge is 0.296 e. The van der Waals surface area contributed by atoms with Gasteiger partial charge in [-0.25, -0.2) is 4.79 Å². The van der Waals surface area contributed by atoms with Crippen molar-refractivity contribution in [3.8, 4) is 0 Å². The van der Waals surface area contributed by atoms with Crippen LogP contribution in [0, 0.1) is 25.7 Å². The Balaban J connectivity index is 3.01. The first kappa shape index (κ1) is 13.4. The van der Waals surface area contributed by atoms with E-state index in [1.165, 1.54) is 0 Å². The third kappa shape index (κ3) is 3.17. The molecule has 0 radical (unpaired) electrons. The van der Waals surface area contributed by atoms with Gasteiger partial charge in [0.1, 0.15) is 0 Å². The molecule has 1 rings (SSSR count). The van der Waals surface area contributed by atoms with Crippen molar-refractivity contribution in [2.75, 3.05) is 5.33 Å². The van der Waals surface area contributed by atoms with Crippen molar-refractivity contribution in [1.29, 1.82) is 0 Å². The van der Waals surface area contributed by atoms with Crippen molar-refractivity contribution in [2.45, 2.75) is 34.2 Å². The molecule has 90 valence electrons. The zero-order valence-corrected chi connectivity index (χ0v) is 11.9. The minimum absolute atomic E-state index is 0.135. The fraction of sp³-hybridized carbons (Fsp3) is 0.667. The molecule has 1 aromatic rings. The fourth-order valence-corrected chi connectivity index (χ4v) is 2.62. The predicted molar refractivity (Wildman–Crippen MR) is 70.1 cm³/mol. The van der Waals surface area contributed by atoms with Gasteiger partial charge in [0, 0.05) is 23.3 Å². The molecular formula is C12H19BrN2O. The Kier molecular flexibility index (Phi) is 4.71. The van der Waals surface area contributed by atoms with Gasteiger partial charge >= 0.3 is 5.69 Å². The van der Waals surface area contributed by atoms with Gasteiger partial charge in [-0.2, -0.15) is 4.98 Å². The van der Waals surface area contributed by atoms with Crippen molar-refractivity contribution >= 4 is 15.9 Å². The van der Waals surface area contributed by atoms with E-state index in [1.807, 2.05) is 19.9 Å². The molecule has 1 aromatic heterocycles. The lowest BCUT2D eigenvalue weighted by molar-refractivity contribution is 0.362. The molecule has 0 bridgehead atoms. The van der Waals surface area contributed by atoms with Gasteiger partial charge in [-0.3, -0.25) is 4.57 Å². The lowest BCUT2D eigenvalue weighted by atomic mass is 9.98. The molecule has 1 heterocycles. The number of hydrogen-bond donors (Lipinski definition) is 0. The monoisotopic (exact) mass is 286 g/mol. The molecule has 0 amide bonds.